The number of hydrazine groups is 1. The Morgan fingerprint density at radius 3 is 2.50 bits per heavy atom. The number of nitrogens with one attached hydrogen (secondary N) is 1. The summed E-state index contributed by atoms with van der Waals surface area (Å²) in [5, 5.41) is 10.5. The Kier molecular flexibility index (Phi) is 3.45. The molecule has 88 valence electrons. The van der Waals surface area contributed by atoms with Gasteiger partial charge >= 0.3 is 6.18 Å². The van der Waals surface area contributed by atoms with Crippen LogP contribution in [0, 0.1) is 10.1 Å². The standard InChI is InChI=1S/C8H8F3N3O2/c9-8(10,11)6-2-1-5(4-13-12)7(3-6)14(15)16/h1-3,13H,4,12H2. The number of hydrogen-bond donors (Lipinski definition) is 2. The zero-order valence-corrected chi connectivity index (χ0v) is 7.91. The third-order valence-electron chi connectivity index (χ3n) is 1.90. The molecular weight excluding hydrogens is 227 g/mol. The number of benzene rings is 1. The van der Waals surface area contributed by atoms with Crippen LogP contribution < -0.4 is 11.3 Å². The molecule has 5 nitrogen and oxygen atoms in total. The van der Waals surface area contributed by atoms with Crippen LogP contribution >= 0.6 is 0 Å². The van der Waals surface area contributed by atoms with Crippen molar-refractivity contribution in [1.82, 2.24) is 5.43 Å². The van der Waals surface area contributed by atoms with Crippen LogP contribution in [0.3, 0.4) is 0 Å². The van der Waals surface area contributed by atoms with Gasteiger partial charge in [0.05, 0.1) is 10.5 Å². The van der Waals surface area contributed by atoms with Gasteiger partial charge in [0.25, 0.3) is 5.69 Å². The van der Waals surface area contributed by atoms with Gasteiger partial charge in [0.15, 0.2) is 0 Å². The molecule has 0 aliphatic rings. The van der Waals surface area contributed by atoms with E-state index in [-0.39, 0.29) is 12.1 Å². The van der Waals surface area contributed by atoms with Crippen LogP contribution in [-0.4, -0.2) is 4.92 Å². The van der Waals surface area contributed by atoms with Crippen molar-refractivity contribution in [3.05, 3.63) is 39.4 Å². The third kappa shape index (κ3) is 2.67. The first kappa shape index (κ1) is 12.4. The quantitative estimate of drug-likeness (QED) is 0.473. The number of halogens is 3. The van der Waals surface area contributed by atoms with E-state index in [1.165, 1.54) is 0 Å². The summed E-state index contributed by atoms with van der Waals surface area (Å²) < 4.78 is 36.9. The summed E-state index contributed by atoms with van der Waals surface area (Å²) in [7, 11) is 0. The maximum absolute atomic E-state index is 12.3. The van der Waals surface area contributed by atoms with E-state index in [4.69, 9.17) is 5.84 Å². The Morgan fingerprint density at radius 1 is 1.44 bits per heavy atom. The molecule has 0 saturated heterocycles. The van der Waals surface area contributed by atoms with E-state index in [2.05, 4.69) is 5.43 Å². The number of nitro benzene ring substituents is 1. The maximum atomic E-state index is 12.3. The SMILES string of the molecule is NNCc1ccc(C(F)(F)F)cc1[N+](=O)[O-]. The second-order valence-corrected chi connectivity index (χ2v) is 2.98. The highest BCUT2D eigenvalue weighted by molar-refractivity contribution is 5.44. The minimum atomic E-state index is -4.60. The lowest BCUT2D eigenvalue weighted by Gasteiger charge is -2.08. The van der Waals surface area contributed by atoms with Gasteiger partial charge in [-0.3, -0.25) is 21.4 Å². The van der Waals surface area contributed by atoms with Gasteiger partial charge in [-0.15, -0.1) is 0 Å². The molecule has 0 aliphatic heterocycles. The van der Waals surface area contributed by atoms with E-state index in [1.807, 2.05) is 0 Å². The van der Waals surface area contributed by atoms with Crippen LogP contribution in [0.15, 0.2) is 18.2 Å². The van der Waals surface area contributed by atoms with Gasteiger partial charge in [-0.25, -0.2) is 0 Å². The minimum absolute atomic E-state index is 0.0749. The maximum Gasteiger partial charge on any atom is 0.416 e. The fourth-order valence-corrected chi connectivity index (χ4v) is 1.17. The third-order valence-corrected chi connectivity index (χ3v) is 1.90. The molecule has 1 rings (SSSR count). The van der Waals surface area contributed by atoms with Crippen molar-refractivity contribution in [2.45, 2.75) is 12.7 Å². The normalized spacial score (nSPS) is 11.5. The van der Waals surface area contributed by atoms with E-state index >= 15 is 0 Å². The zero-order valence-electron chi connectivity index (χ0n) is 7.91. The molecule has 1 aromatic rings. The van der Waals surface area contributed by atoms with Crippen LogP contribution in [0.25, 0.3) is 0 Å². The zero-order chi connectivity index (χ0) is 12.3. The van der Waals surface area contributed by atoms with Crippen LogP contribution in [-0.2, 0) is 12.7 Å². The average molecular weight is 235 g/mol. The molecule has 0 radical (unpaired) electrons. The summed E-state index contributed by atoms with van der Waals surface area (Å²) in [5.41, 5.74) is 0.590. The van der Waals surface area contributed by atoms with Crippen LogP contribution in [0.1, 0.15) is 11.1 Å². The Hall–Kier alpha value is -1.67. The first-order chi connectivity index (χ1) is 7.36. The Bertz CT molecular complexity index is 406. The van der Waals surface area contributed by atoms with E-state index in [0.717, 1.165) is 12.1 Å². The van der Waals surface area contributed by atoms with Crippen molar-refractivity contribution < 1.29 is 18.1 Å². The summed E-state index contributed by atoms with van der Waals surface area (Å²) in [5.74, 6) is 4.96. The van der Waals surface area contributed by atoms with E-state index < -0.39 is 22.4 Å². The second-order valence-electron chi connectivity index (χ2n) is 2.98. The van der Waals surface area contributed by atoms with Gasteiger partial charge in [0, 0.05) is 18.2 Å². The Balaban J connectivity index is 3.23. The highest BCUT2D eigenvalue weighted by Crippen LogP contribution is 2.32. The van der Waals surface area contributed by atoms with Gasteiger partial charge < -0.3 is 0 Å². The lowest BCUT2D eigenvalue weighted by molar-refractivity contribution is -0.385. The van der Waals surface area contributed by atoms with Gasteiger partial charge in [-0.05, 0) is 6.07 Å². The molecule has 16 heavy (non-hydrogen) atoms. The van der Waals surface area contributed by atoms with Gasteiger partial charge in [0.2, 0.25) is 0 Å². The van der Waals surface area contributed by atoms with Crippen molar-refractivity contribution in [2.24, 2.45) is 5.84 Å². The number of rotatable bonds is 3. The summed E-state index contributed by atoms with van der Waals surface area (Å²) in [4.78, 5) is 9.67. The molecule has 0 spiro atoms. The summed E-state index contributed by atoms with van der Waals surface area (Å²) in [6, 6.07) is 2.30. The molecule has 0 saturated carbocycles. The molecule has 1 aromatic carbocycles. The molecule has 0 fully saturated rings. The molecule has 3 N–H and O–H groups in total. The summed E-state index contributed by atoms with van der Waals surface area (Å²) in [6.45, 7) is -0.0749. The van der Waals surface area contributed by atoms with Crippen LogP contribution in [0.4, 0.5) is 18.9 Å². The number of hydrogen-bond acceptors (Lipinski definition) is 4. The van der Waals surface area contributed by atoms with Gasteiger partial charge in [-0.1, -0.05) is 6.07 Å². The van der Waals surface area contributed by atoms with Crippen molar-refractivity contribution in [3.63, 3.8) is 0 Å². The van der Waals surface area contributed by atoms with Crippen molar-refractivity contribution >= 4 is 5.69 Å². The smallest absolute Gasteiger partial charge is 0.271 e. The number of nitrogens with zero attached hydrogens (tertiary/aromatic N) is 1. The fraction of sp³-hybridized carbons (Fsp3) is 0.250. The first-order valence-corrected chi connectivity index (χ1v) is 4.14. The fourth-order valence-electron chi connectivity index (χ4n) is 1.17. The number of nitro groups is 1. The second kappa shape index (κ2) is 4.45. The molecule has 0 bridgehead atoms. The molecule has 0 aliphatic carbocycles. The largest absolute Gasteiger partial charge is 0.416 e. The highest BCUT2D eigenvalue weighted by Gasteiger charge is 2.32. The molecule has 0 unspecified atom stereocenters. The summed E-state index contributed by atoms with van der Waals surface area (Å²) in [6.07, 6.45) is -4.60. The highest BCUT2D eigenvalue weighted by atomic mass is 19.4. The van der Waals surface area contributed by atoms with E-state index in [1.54, 1.807) is 0 Å². The molecule has 0 heterocycles. The molecule has 0 aromatic heterocycles. The number of alkyl halides is 3. The summed E-state index contributed by atoms with van der Waals surface area (Å²) >= 11 is 0. The lowest BCUT2D eigenvalue weighted by Crippen LogP contribution is -2.21. The predicted molar refractivity (Wildman–Crippen MR) is 49.1 cm³/mol. The lowest BCUT2D eigenvalue weighted by atomic mass is 10.1. The minimum Gasteiger partial charge on any atom is -0.271 e. The van der Waals surface area contributed by atoms with E-state index in [9.17, 15) is 23.3 Å². The molecule has 8 heteroatoms. The van der Waals surface area contributed by atoms with E-state index in [0.29, 0.717) is 6.07 Å². The van der Waals surface area contributed by atoms with Crippen molar-refractivity contribution in [2.75, 3.05) is 0 Å². The van der Waals surface area contributed by atoms with Crippen LogP contribution in [0.5, 0.6) is 0 Å². The van der Waals surface area contributed by atoms with Crippen LogP contribution in [0.2, 0.25) is 0 Å². The molecule has 0 amide bonds. The topological polar surface area (TPSA) is 81.2 Å². The number of nitrogens with two attached hydrogens (primary N) is 1. The van der Waals surface area contributed by atoms with Gasteiger partial charge in [0.1, 0.15) is 0 Å². The van der Waals surface area contributed by atoms with Gasteiger partial charge in [-0.2, -0.15) is 13.2 Å². The van der Waals surface area contributed by atoms with Crippen molar-refractivity contribution in [3.8, 4) is 0 Å². The predicted octanol–water partition coefficient (Wildman–Crippen LogP) is 1.58. The average Bonchev–Trinajstić information content (AvgIpc) is 2.16. The molecular formula is C8H8F3N3O2. The van der Waals surface area contributed by atoms with Crippen molar-refractivity contribution in [1.29, 1.82) is 0 Å². The Morgan fingerprint density at radius 2 is 2.06 bits per heavy atom. The Labute approximate surface area is 88.2 Å². The molecule has 0 atom stereocenters. The monoisotopic (exact) mass is 235 g/mol. The first-order valence-electron chi connectivity index (χ1n) is 4.14.